The Morgan fingerprint density at radius 1 is 1.12 bits per heavy atom. The summed E-state index contributed by atoms with van der Waals surface area (Å²) in [7, 11) is 1.31. The van der Waals surface area contributed by atoms with Crippen LogP contribution in [0, 0.1) is 5.82 Å². The number of halogens is 2. The van der Waals surface area contributed by atoms with E-state index in [1.54, 1.807) is 36.4 Å². The van der Waals surface area contributed by atoms with Crippen LogP contribution in [0.5, 0.6) is 0 Å². The number of methoxy groups -OCH3 is 1. The fourth-order valence-corrected chi connectivity index (χ4v) is 4.36. The zero-order valence-corrected chi connectivity index (χ0v) is 18.4. The number of benzene rings is 2. The summed E-state index contributed by atoms with van der Waals surface area (Å²) in [4.78, 5) is 29.2. The van der Waals surface area contributed by atoms with Crippen molar-refractivity contribution in [1.29, 1.82) is 0 Å². The molecule has 9 heteroatoms. The van der Waals surface area contributed by atoms with Crippen molar-refractivity contribution in [1.82, 2.24) is 15.5 Å². The van der Waals surface area contributed by atoms with Gasteiger partial charge in [0.15, 0.2) is 0 Å². The van der Waals surface area contributed by atoms with E-state index in [1.807, 2.05) is 11.0 Å². The van der Waals surface area contributed by atoms with Crippen molar-refractivity contribution in [2.75, 3.05) is 44.7 Å². The zero-order valence-electron chi connectivity index (χ0n) is 17.6. The van der Waals surface area contributed by atoms with Gasteiger partial charge in [-0.3, -0.25) is 4.90 Å². The maximum absolute atomic E-state index is 14.1. The number of para-hydroxylation sites is 1. The lowest BCUT2D eigenvalue weighted by Gasteiger charge is -2.38. The molecule has 2 aliphatic rings. The van der Waals surface area contributed by atoms with Crippen LogP contribution >= 0.6 is 11.6 Å². The molecule has 1 atom stereocenters. The molecule has 32 heavy (non-hydrogen) atoms. The number of rotatable bonds is 5. The molecule has 0 bridgehead atoms. The van der Waals surface area contributed by atoms with Crippen molar-refractivity contribution in [2.24, 2.45) is 0 Å². The SMILES string of the molecule is COC(=O)C1=C(CN2CCN(c3ccccc3F)CC2)NC(=O)N[C@@H]1c1ccccc1Cl. The molecule has 2 amide bonds. The van der Waals surface area contributed by atoms with Gasteiger partial charge in [-0.05, 0) is 23.8 Å². The monoisotopic (exact) mass is 458 g/mol. The number of ether oxygens (including phenoxy) is 1. The number of hydrogen-bond donors (Lipinski definition) is 2. The zero-order chi connectivity index (χ0) is 22.7. The van der Waals surface area contributed by atoms with E-state index in [-0.39, 0.29) is 5.82 Å². The number of nitrogens with zero attached hydrogens (tertiary/aromatic N) is 2. The van der Waals surface area contributed by atoms with Crippen LogP contribution in [-0.4, -0.2) is 56.7 Å². The van der Waals surface area contributed by atoms with E-state index < -0.39 is 18.0 Å². The van der Waals surface area contributed by atoms with Crippen LogP contribution in [0.4, 0.5) is 14.9 Å². The van der Waals surface area contributed by atoms with E-state index >= 15 is 0 Å². The lowest BCUT2D eigenvalue weighted by molar-refractivity contribution is -0.136. The molecule has 2 aliphatic heterocycles. The molecule has 0 saturated carbocycles. The highest BCUT2D eigenvalue weighted by molar-refractivity contribution is 6.31. The fourth-order valence-electron chi connectivity index (χ4n) is 4.11. The summed E-state index contributed by atoms with van der Waals surface area (Å²) >= 11 is 6.35. The van der Waals surface area contributed by atoms with E-state index in [9.17, 15) is 14.0 Å². The Balaban J connectivity index is 1.56. The van der Waals surface area contributed by atoms with Gasteiger partial charge in [0.25, 0.3) is 0 Å². The van der Waals surface area contributed by atoms with E-state index in [1.165, 1.54) is 13.2 Å². The number of amides is 2. The molecule has 2 aromatic rings. The largest absolute Gasteiger partial charge is 0.466 e. The standard InChI is InChI=1S/C23H24ClFN4O3/c1-32-22(30)20-18(26-23(31)27-21(20)15-6-2-3-7-16(15)24)14-28-10-12-29(13-11-28)19-9-5-4-8-17(19)25/h2-9,21H,10-14H2,1H3,(H2,26,27,31)/t21-/m1/s1. The van der Waals surface area contributed by atoms with E-state index in [4.69, 9.17) is 16.3 Å². The predicted octanol–water partition coefficient (Wildman–Crippen LogP) is 3.08. The molecule has 0 radical (unpaired) electrons. The molecule has 4 rings (SSSR count). The molecule has 0 unspecified atom stereocenters. The van der Waals surface area contributed by atoms with Gasteiger partial charge < -0.3 is 20.3 Å². The van der Waals surface area contributed by atoms with Crippen LogP contribution in [0.15, 0.2) is 59.8 Å². The quantitative estimate of drug-likeness (QED) is 0.674. The summed E-state index contributed by atoms with van der Waals surface area (Å²) < 4.78 is 19.1. The van der Waals surface area contributed by atoms with Gasteiger partial charge >= 0.3 is 12.0 Å². The van der Waals surface area contributed by atoms with Gasteiger partial charge in [-0.25, -0.2) is 14.0 Å². The first-order valence-corrected chi connectivity index (χ1v) is 10.7. The topological polar surface area (TPSA) is 73.9 Å². The van der Waals surface area contributed by atoms with Gasteiger partial charge in [-0.2, -0.15) is 0 Å². The predicted molar refractivity (Wildman–Crippen MR) is 120 cm³/mol. The van der Waals surface area contributed by atoms with Crippen molar-refractivity contribution in [2.45, 2.75) is 6.04 Å². The Labute approximate surface area is 190 Å². The van der Waals surface area contributed by atoms with Crippen molar-refractivity contribution in [3.05, 3.63) is 76.2 Å². The van der Waals surface area contributed by atoms with Gasteiger partial charge in [-0.15, -0.1) is 0 Å². The summed E-state index contributed by atoms with van der Waals surface area (Å²) in [6, 6.07) is 12.6. The van der Waals surface area contributed by atoms with E-state index in [2.05, 4.69) is 15.5 Å². The normalized spacial score (nSPS) is 19.4. The van der Waals surface area contributed by atoms with Crippen molar-refractivity contribution in [3.63, 3.8) is 0 Å². The Morgan fingerprint density at radius 3 is 2.50 bits per heavy atom. The second-order valence-electron chi connectivity index (χ2n) is 7.65. The van der Waals surface area contributed by atoms with Crippen molar-refractivity contribution in [3.8, 4) is 0 Å². The second-order valence-corrected chi connectivity index (χ2v) is 8.06. The molecule has 0 spiro atoms. The number of urea groups is 1. The molecule has 0 aliphatic carbocycles. The number of anilines is 1. The molecule has 168 valence electrons. The number of nitrogens with one attached hydrogen (secondary N) is 2. The number of carbonyl (C=O) groups is 2. The van der Waals surface area contributed by atoms with Crippen molar-refractivity contribution >= 4 is 29.3 Å². The Bertz CT molecular complexity index is 1050. The lowest BCUT2D eigenvalue weighted by atomic mass is 9.95. The van der Waals surface area contributed by atoms with Crippen LogP contribution in [0.2, 0.25) is 5.02 Å². The third kappa shape index (κ3) is 4.56. The van der Waals surface area contributed by atoms with Crippen molar-refractivity contribution < 1.29 is 18.7 Å². The maximum atomic E-state index is 14.1. The van der Waals surface area contributed by atoms with E-state index in [0.29, 0.717) is 60.3 Å². The maximum Gasteiger partial charge on any atom is 0.338 e. The van der Waals surface area contributed by atoms with Crippen LogP contribution in [0.3, 0.4) is 0 Å². The molecule has 1 fully saturated rings. The molecule has 2 N–H and O–H groups in total. The Kier molecular flexibility index (Phi) is 6.62. The summed E-state index contributed by atoms with van der Waals surface area (Å²) in [6.07, 6.45) is 0. The third-order valence-corrected chi connectivity index (χ3v) is 6.07. The smallest absolute Gasteiger partial charge is 0.338 e. The molecule has 7 nitrogen and oxygen atoms in total. The minimum atomic E-state index is -0.723. The molecule has 2 aromatic carbocycles. The summed E-state index contributed by atoms with van der Waals surface area (Å²) in [5.74, 6) is -0.785. The van der Waals surface area contributed by atoms with Gasteiger partial charge in [0.05, 0.1) is 24.4 Å². The average Bonchev–Trinajstić information content (AvgIpc) is 2.79. The number of hydrogen-bond acceptors (Lipinski definition) is 5. The lowest BCUT2D eigenvalue weighted by Crippen LogP contribution is -2.52. The molecular weight excluding hydrogens is 435 g/mol. The minimum absolute atomic E-state index is 0.246. The highest BCUT2D eigenvalue weighted by Crippen LogP contribution is 2.32. The average molecular weight is 459 g/mol. The minimum Gasteiger partial charge on any atom is -0.466 e. The van der Waals surface area contributed by atoms with Crippen LogP contribution in [0.25, 0.3) is 0 Å². The van der Waals surface area contributed by atoms with Gasteiger partial charge in [0.2, 0.25) is 0 Å². The number of esters is 1. The molecule has 1 saturated heterocycles. The molecular formula is C23H24ClFN4O3. The first-order valence-electron chi connectivity index (χ1n) is 10.3. The van der Waals surface area contributed by atoms with Crippen LogP contribution in [0.1, 0.15) is 11.6 Å². The van der Waals surface area contributed by atoms with Gasteiger partial charge in [-0.1, -0.05) is 41.9 Å². The van der Waals surface area contributed by atoms with Crippen LogP contribution in [-0.2, 0) is 9.53 Å². The number of piperazine rings is 1. The molecule has 2 heterocycles. The first-order chi connectivity index (χ1) is 15.5. The Hall–Kier alpha value is -3.10. The highest BCUT2D eigenvalue weighted by atomic mass is 35.5. The first kappa shape index (κ1) is 22.1. The Morgan fingerprint density at radius 2 is 1.81 bits per heavy atom. The second kappa shape index (κ2) is 9.58. The molecule has 0 aromatic heterocycles. The third-order valence-electron chi connectivity index (χ3n) is 5.72. The van der Waals surface area contributed by atoms with Crippen LogP contribution < -0.4 is 15.5 Å². The van der Waals surface area contributed by atoms with Gasteiger partial charge in [0.1, 0.15) is 5.82 Å². The number of carbonyl (C=O) groups excluding carboxylic acids is 2. The summed E-state index contributed by atoms with van der Waals surface area (Å²) in [5, 5.41) is 5.99. The van der Waals surface area contributed by atoms with E-state index in [0.717, 1.165) is 0 Å². The highest BCUT2D eigenvalue weighted by Gasteiger charge is 2.35. The fraction of sp³-hybridized carbons (Fsp3) is 0.304. The summed E-state index contributed by atoms with van der Waals surface area (Å²) in [5.41, 5.74) is 1.99. The van der Waals surface area contributed by atoms with Gasteiger partial charge in [0, 0.05) is 43.4 Å². The summed E-state index contributed by atoms with van der Waals surface area (Å²) in [6.45, 7) is 2.90.